The van der Waals surface area contributed by atoms with Gasteiger partial charge in [0, 0.05) is 38.2 Å². The van der Waals surface area contributed by atoms with Crippen molar-refractivity contribution >= 4 is 65.4 Å². The van der Waals surface area contributed by atoms with Crippen LogP contribution in [0.15, 0.2) is 136 Å². The average molecular weight is 564 g/mol. The van der Waals surface area contributed by atoms with Gasteiger partial charge in [-0.25, -0.2) is 15.0 Å². The summed E-state index contributed by atoms with van der Waals surface area (Å²) in [5.74, 6) is 1.84. The first-order chi connectivity index (χ1) is 21.8. The van der Waals surface area contributed by atoms with Crippen molar-refractivity contribution in [2.75, 3.05) is 0 Å². The van der Waals surface area contributed by atoms with Crippen molar-refractivity contribution in [1.29, 1.82) is 0 Å². The van der Waals surface area contributed by atoms with Crippen molar-refractivity contribution in [3.05, 3.63) is 127 Å². The molecule has 3 heterocycles. The van der Waals surface area contributed by atoms with E-state index < -0.39 is 0 Å². The van der Waals surface area contributed by atoms with Crippen LogP contribution in [0.2, 0.25) is 0 Å². The molecule has 0 aliphatic heterocycles. The summed E-state index contributed by atoms with van der Waals surface area (Å²) in [5.41, 5.74) is 5.88. The lowest BCUT2D eigenvalue weighted by atomic mass is 9.93. The van der Waals surface area contributed by atoms with Gasteiger partial charge in [0.15, 0.2) is 28.6 Å². The minimum absolute atomic E-state index is 0.589. The number of rotatable bonds is 3. The van der Waals surface area contributed by atoms with E-state index in [1.807, 2.05) is 72.8 Å². The number of benzene rings is 7. The second kappa shape index (κ2) is 8.72. The number of aromatic nitrogens is 3. The molecule has 3 aromatic heterocycles. The van der Waals surface area contributed by atoms with E-state index in [1.54, 1.807) is 0 Å². The highest BCUT2D eigenvalue weighted by Crippen LogP contribution is 2.47. The third kappa shape index (κ3) is 3.26. The van der Waals surface area contributed by atoms with Gasteiger partial charge in [-0.3, -0.25) is 0 Å². The zero-order chi connectivity index (χ0) is 28.8. The fourth-order valence-electron chi connectivity index (χ4n) is 6.68. The summed E-state index contributed by atoms with van der Waals surface area (Å²) < 4.78 is 13.2. The molecule has 0 N–H and O–H groups in total. The van der Waals surface area contributed by atoms with Crippen LogP contribution in [0.5, 0.6) is 0 Å². The second-order valence-electron chi connectivity index (χ2n) is 11.2. The zero-order valence-electron chi connectivity index (χ0n) is 23.3. The van der Waals surface area contributed by atoms with Crippen LogP contribution in [-0.4, -0.2) is 15.0 Å². The maximum absolute atomic E-state index is 6.63. The molecule has 0 amide bonds. The normalized spacial score (nSPS) is 12.1. The van der Waals surface area contributed by atoms with Gasteiger partial charge in [0.05, 0.1) is 0 Å². The van der Waals surface area contributed by atoms with Crippen molar-refractivity contribution in [3.8, 4) is 34.2 Å². The summed E-state index contributed by atoms with van der Waals surface area (Å²) in [6.07, 6.45) is 0. The van der Waals surface area contributed by atoms with Crippen LogP contribution in [-0.2, 0) is 0 Å². The number of furan rings is 2. The lowest BCUT2D eigenvalue weighted by molar-refractivity contribution is 0.633. The van der Waals surface area contributed by atoms with Gasteiger partial charge < -0.3 is 8.83 Å². The van der Waals surface area contributed by atoms with Crippen LogP contribution in [0.3, 0.4) is 0 Å². The van der Waals surface area contributed by atoms with Gasteiger partial charge in [-0.2, -0.15) is 0 Å². The molecule has 0 spiro atoms. The minimum atomic E-state index is 0.589. The van der Waals surface area contributed by atoms with Gasteiger partial charge in [0.25, 0.3) is 0 Å². The molecule has 5 heteroatoms. The van der Waals surface area contributed by atoms with Crippen molar-refractivity contribution in [2.24, 2.45) is 0 Å². The first kappa shape index (κ1) is 23.5. The molecular formula is C39H21N3O2. The molecule has 0 unspecified atom stereocenters. The van der Waals surface area contributed by atoms with Crippen molar-refractivity contribution in [1.82, 2.24) is 15.0 Å². The quantitative estimate of drug-likeness (QED) is 0.200. The number of nitrogens with zero attached hydrogens (tertiary/aromatic N) is 3. The van der Waals surface area contributed by atoms with Gasteiger partial charge in [-0.1, -0.05) is 103 Å². The number of hydrogen-bond donors (Lipinski definition) is 0. The zero-order valence-corrected chi connectivity index (χ0v) is 23.3. The minimum Gasteiger partial charge on any atom is -0.452 e. The molecule has 0 fully saturated rings. The van der Waals surface area contributed by atoms with Crippen LogP contribution in [0.25, 0.3) is 99.6 Å². The third-order valence-electron chi connectivity index (χ3n) is 8.67. The smallest absolute Gasteiger partial charge is 0.179 e. The molecule has 10 rings (SSSR count). The van der Waals surface area contributed by atoms with Crippen LogP contribution < -0.4 is 0 Å². The van der Waals surface area contributed by atoms with E-state index >= 15 is 0 Å². The molecule has 44 heavy (non-hydrogen) atoms. The fraction of sp³-hybridized carbons (Fsp3) is 0. The number of fused-ring (bicyclic) bond motifs is 7. The number of hydrogen-bond acceptors (Lipinski definition) is 5. The first-order valence-corrected chi connectivity index (χ1v) is 14.6. The molecule has 0 saturated carbocycles. The Labute approximate surface area is 250 Å². The van der Waals surface area contributed by atoms with Crippen LogP contribution >= 0.6 is 0 Å². The molecule has 0 saturated heterocycles. The lowest BCUT2D eigenvalue weighted by Crippen LogP contribution is -2.00. The first-order valence-electron chi connectivity index (χ1n) is 14.6. The Bertz CT molecular complexity index is 2650. The molecule has 0 bridgehead atoms. The molecule has 204 valence electrons. The molecule has 0 aliphatic rings. The summed E-state index contributed by atoms with van der Waals surface area (Å²) in [6.45, 7) is 0. The standard InChI is InChI=1S/C39H21N3O2/c1-3-10-22(11-4-1)37-40-38(23-12-5-2-6-13-23)42-39(41-37)24-18-19-27-30-21-29-26-15-8-7-14-25(26)28-16-9-17-31-33(28)34(29)36(43-31)35(30)44-32(27)20-24/h1-21H. The lowest BCUT2D eigenvalue weighted by Gasteiger charge is -2.08. The van der Waals surface area contributed by atoms with Crippen molar-refractivity contribution in [2.45, 2.75) is 0 Å². The van der Waals surface area contributed by atoms with Crippen molar-refractivity contribution < 1.29 is 8.83 Å². The molecule has 0 aliphatic carbocycles. The van der Waals surface area contributed by atoms with E-state index in [2.05, 4.69) is 54.6 Å². The summed E-state index contributed by atoms with van der Waals surface area (Å²) in [4.78, 5) is 14.7. The van der Waals surface area contributed by atoms with E-state index in [0.717, 1.165) is 60.6 Å². The summed E-state index contributed by atoms with van der Waals surface area (Å²) in [7, 11) is 0. The van der Waals surface area contributed by atoms with E-state index in [1.165, 1.54) is 21.5 Å². The van der Waals surface area contributed by atoms with E-state index in [9.17, 15) is 0 Å². The Balaban J connectivity index is 1.24. The van der Waals surface area contributed by atoms with Crippen molar-refractivity contribution in [3.63, 3.8) is 0 Å². The maximum Gasteiger partial charge on any atom is 0.179 e. The van der Waals surface area contributed by atoms with Crippen LogP contribution in [0.4, 0.5) is 0 Å². The summed E-state index contributed by atoms with van der Waals surface area (Å²) >= 11 is 0. The summed E-state index contributed by atoms with van der Waals surface area (Å²) in [5, 5.41) is 9.10. The fourth-order valence-corrected chi connectivity index (χ4v) is 6.68. The van der Waals surface area contributed by atoms with Gasteiger partial charge in [0.1, 0.15) is 11.2 Å². The predicted molar refractivity (Wildman–Crippen MR) is 177 cm³/mol. The highest BCUT2D eigenvalue weighted by atomic mass is 16.4. The van der Waals surface area contributed by atoms with E-state index in [-0.39, 0.29) is 0 Å². The van der Waals surface area contributed by atoms with Gasteiger partial charge in [0.2, 0.25) is 0 Å². The largest absolute Gasteiger partial charge is 0.452 e. The molecule has 0 radical (unpaired) electrons. The predicted octanol–water partition coefficient (Wildman–Crippen LogP) is 10.4. The van der Waals surface area contributed by atoms with Gasteiger partial charge in [-0.15, -0.1) is 0 Å². The van der Waals surface area contributed by atoms with Gasteiger partial charge in [-0.05, 0) is 45.8 Å². The Morgan fingerprint density at radius 2 is 0.932 bits per heavy atom. The van der Waals surface area contributed by atoms with Crippen LogP contribution in [0, 0.1) is 0 Å². The second-order valence-corrected chi connectivity index (χ2v) is 11.2. The molecular weight excluding hydrogens is 542 g/mol. The maximum atomic E-state index is 6.63. The molecule has 7 aromatic carbocycles. The molecule has 5 nitrogen and oxygen atoms in total. The SMILES string of the molecule is c1ccc(-c2nc(-c3ccccc3)nc(-c3ccc4c(c3)oc3c4cc4c5ccccc5c5cccc6oc3c4c65)n2)cc1. The average Bonchev–Trinajstić information content (AvgIpc) is 3.67. The third-order valence-corrected chi connectivity index (χ3v) is 8.67. The highest BCUT2D eigenvalue weighted by molar-refractivity contribution is 6.37. The Hall–Kier alpha value is -6.07. The van der Waals surface area contributed by atoms with E-state index in [0.29, 0.717) is 17.5 Å². The summed E-state index contributed by atoms with van der Waals surface area (Å²) in [6, 6.07) is 43.3. The van der Waals surface area contributed by atoms with Crippen LogP contribution in [0.1, 0.15) is 0 Å². The molecule has 10 aromatic rings. The topological polar surface area (TPSA) is 65.0 Å². The highest BCUT2D eigenvalue weighted by Gasteiger charge is 2.23. The van der Waals surface area contributed by atoms with E-state index in [4.69, 9.17) is 23.8 Å². The Morgan fingerprint density at radius 1 is 0.341 bits per heavy atom. The molecule has 0 atom stereocenters. The van der Waals surface area contributed by atoms with Gasteiger partial charge >= 0.3 is 0 Å². The monoisotopic (exact) mass is 563 g/mol. The Morgan fingerprint density at radius 3 is 1.64 bits per heavy atom. The Kier molecular flexibility index (Phi) is 4.66.